The fourth-order valence-electron chi connectivity index (χ4n) is 2.90. The molecule has 0 saturated carbocycles. The zero-order chi connectivity index (χ0) is 14.2. The van der Waals surface area contributed by atoms with Crippen molar-refractivity contribution in [1.82, 2.24) is 4.90 Å². The molecule has 3 heteroatoms. The van der Waals surface area contributed by atoms with E-state index in [0.29, 0.717) is 12.6 Å². The average molecular weight is 276 g/mol. The normalized spacial score (nSPS) is 17.3. The molecular weight excluding hydrogens is 248 g/mol. The molecule has 1 aliphatic rings. The number of ether oxygens (including phenoxy) is 1. The van der Waals surface area contributed by atoms with Gasteiger partial charge in [0, 0.05) is 12.6 Å². The molecule has 0 aromatic heterocycles. The van der Waals surface area contributed by atoms with Gasteiger partial charge in [-0.1, -0.05) is 31.9 Å². The minimum absolute atomic E-state index is 0.344. The van der Waals surface area contributed by atoms with Crippen LogP contribution in [0.5, 0.6) is 5.75 Å². The number of rotatable bonds is 8. The Kier molecular flexibility index (Phi) is 6.34. The van der Waals surface area contributed by atoms with Crippen molar-refractivity contribution in [3.63, 3.8) is 0 Å². The van der Waals surface area contributed by atoms with Gasteiger partial charge >= 0.3 is 0 Å². The molecule has 0 spiro atoms. The monoisotopic (exact) mass is 276 g/mol. The first kappa shape index (κ1) is 15.3. The van der Waals surface area contributed by atoms with E-state index in [9.17, 15) is 0 Å². The van der Waals surface area contributed by atoms with Crippen molar-refractivity contribution in [2.75, 3.05) is 26.2 Å². The summed E-state index contributed by atoms with van der Waals surface area (Å²) in [6, 6.07) is 8.82. The molecule has 20 heavy (non-hydrogen) atoms. The molecule has 0 radical (unpaired) electrons. The van der Waals surface area contributed by atoms with E-state index >= 15 is 0 Å². The van der Waals surface area contributed by atoms with Gasteiger partial charge in [0.25, 0.3) is 0 Å². The van der Waals surface area contributed by atoms with Gasteiger partial charge in [0.05, 0.1) is 6.61 Å². The van der Waals surface area contributed by atoms with Crippen molar-refractivity contribution >= 4 is 0 Å². The third-order valence-corrected chi connectivity index (χ3v) is 4.06. The summed E-state index contributed by atoms with van der Waals surface area (Å²) in [6.45, 7) is 6.04. The molecule has 1 aromatic rings. The van der Waals surface area contributed by atoms with E-state index in [4.69, 9.17) is 10.5 Å². The molecule has 0 amide bonds. The Bertz CT molecular complexity index is 388. The van der Waals surface area contributed by atoms with Gasteiger partial charge in [-0.2, -0.15) is 0 Å². The van der Waals surface area contributed by atoms with Crippen LogP contribution in [0.4, 0.5) is 0 Å². The molecule has 0 aliphatic carbocycles. The largest absolute Gasteiger partial charge is 0.494 e. The maximum absolute atomic E-state index is 5.99. The standard InChI is InChI=1S/C17H28N2O/c1-2-3-6-12-20-16-9-7-8-15(13-16)17(14-18)19-10-4-5-11-19/h7-9,13,17H,2-6,10-12,14,18H2,1H3. The lowest BCUT2D eigenvalue weighted by molar-refractivity contribution is 0.250. The minimum Gasteiger partial charge on any atom is -0.494 e. The second-order valence-corrected chi connectivity index (χ2v) is 5.62. The van der Waals surface area contributed by atoms with Crippen LogP contribution in [0.3, 0.4) is 0 Å². The number of benzene rings is 1. The van der Waals surface area contributed by atoms with Crippen LogP contribution in [0, 0.1) is 0 Å². The Morgan fingerprint density at radius 3 is 2.75 bits per heavy atom. The highest BCUT2D eigenvalue weighted by atomic mass is 16.5. The SMILES string of the molecule is CCCCCOc1cccc(C(CN)N2CCCC2)c1. The third-order valence-electron chi connectivity index (χ3n) is 4.06. The molecule has 3 nitrogen and oxygen atoms in total. The quantitative estimate of drug-likeness (QED) is 0.740. The number of unbranched alkanes of at least 4 members (excludes halogenated alkanes) is 2. The molecule has 0 bridgehead atoms. The molecule has 1 aromatic carbocycles. The number of nitrogens with zero attached hydrogens (tertiary/aromatic N) is 1. The topological polar surface area (TPSA) is 38.5 Å². The van der Waals surface area contributed by atoms with Gasteiger partial charge in [-0.3, -0.25) is 4.90 Å². The number of nitrogens with two attached hydrogens (primary N) is 1. The fraction of sp³-hybridized carbons (Fsp3) is 0.647. The molecule has 1 heterocycles. The summed E-state index contributed by atoms with van der Waals surface area (Å²) >= 11 is 0. The second kappa shape index (κ2) is 8.28. The predicted molar refractivity (Wildman–Crippen MR) is 84.1 cm³/mol. The van der Waals surface area contributed by atoms with Crippen LogP contribution in [-0.2, 0) is 0 Å². The Balaban J connectivity index is 1.96. The molecule has 112 valence electrons. The zero-order valence-electron chi connectivity index (χ0n) is 12.7. The Morgan fingerprint density at radius 2 is 2.05 bits per heavy atom. The maximum Gasteiger partial charge on any atom is 0.119 e. The van der Waals surface area contributed by atoms with Crippen molar-refractivity contribution in [3.05, 3.63) is 29.8 Å². The highest BCUT2D eigenvalue weighted by Gasteiger charge is 2.22. The van der Waals surface area contributed by atoms with Gasteiger partial charge in [0.1, 0.15) is 5.75 Å². The lowest BCUT2D eigenvalue weighted by Crippen LogP contribution is -2.31. The van der Waals surface area contributed by atoms with Gasteiger partial charge in [-0.15, -0.1) is 0 Å². The van der Waals surface area contributed by atoms with Crippen molar-refractivity contribution in [2.24, 2.45) is 5.73 Å². The van der Waals surface area contributed by atoms with E-state index < -0.39 is 0 Å². The summed E-state index contributed by atoms with van der Waals surface area (Å²) in [4.78, 5) is 2.50. The van der Waals surface area contributed by atoms with Gasteiger partial charge < -0.3 is 10.5 Å². The first-order valence-electron chi connectivity index (χ1n) is 8.02. The lowest BCUT2D eigenvalue weighted by atomic mass is 10.1. The summed E-state index contributed by atoms with van der Waals surface area (Å²) in [7, 11) is 0. The van der Waals surface area contributed by atoms with Crippen LogP contribution in [0.2, 0.25) is 0 Å². The molecule has 1 atom stereocenters. The number of hydrogen-bond acceptors (Lipinski definition) is 3. The van der Waals surface area contributed by atoms with Crippen LogP contribution in [0.25, 0.3) is 0 Å². The number of likely N-dealkylation sites (tertiary alicyclic amines) is 1. The van der Waals surface area contributed by atoms with Crippen LogP contribution >= 0.6 is 0 Å². The smallest absolute Gasteiger partial charge is 0.119 e. The average Bonchev–Trinajstić information content (AvgIpc) is 2.99. The van der Waals surface area contributed by atoms with Crippen LogP contribution < -0.4 is 10.5 Å². The van der Waals surface area contributed by atoms with Crippen molar-refractivity contribution in [2.45, 2.75) is 45.1 Å². The first-order valence-corrected chi connectivity index (χ1v) is 8.02. The fourth-order valence-corrected chi connectivity index (χ4v) is 2.90. The highest BCUT2D eigenvalue weighted by molar-refractivity contribution is 5.31. The van der Waals surface area contributed by atoms with E-state index in [2.05, 4.69) is 30.0 Å². The summed E-state index contributed by atoms with van der Waals surface area (Å²) < 4.78 is 5.85. The minimum atomic E-state index is 0.344. The third kappa shape index (κ3) is 4.22. The van der Waals surface area contributed by atoms with Gasteiger partial charge in [-0.25, -0.2) is 0 Å². The van der Waals surface area contributed by atoms with Gasteiger partial charge in [0.15, 0.2) is 0 Å². The predicted octanol–water partition coefficient (Wildman–Crippen LogP) is 3.35. The van der Waals surface area contributed by atoms with E-state index in [1.165, 1.54) is 44.3 Å². The summed E-state index contributed by atoms with van der Waals surface area (Å²) in [5, 5.41) is 0. The molecule has 1 unspecified atom stereocenters. The summed E-state index contributed by atoms with van der Waals surface area (Å²) in [5.74, 6) is 0.983. The summed E-state index contributed by atoms with van der Waals surface area (Å²) in [5.41, 5.74) is 7.29. The zero-order valence-corrected chi connectivity index (χ0v) is 12.7. The van der Waals surface area contributed by atoms with Crippen molar-refractivity contribution in [3.8, 4) is 5.75 Å². The molecule has 1 saturated heterocycles. The molecule has 1 fully saturated rings. The Morgan fingerprint density at radius 1 is 1.25 bits per heavy atom. The summed E-state index contributed by atoms with van der Waals surface area (Å²) in [6.07, 6.45) is 6.19. The Labute approximate surface area is 123 Å². The van der Waals surface area contributed by atoms with Gasteiger partial charge in [-0.05, 0) is 50.0 Å². The van der Waals surface area contributed by atoms with Crippen LogP contribution in [0.1, 0.15) is 50.6 Å². The van der Waals surface area contributed by atoms with Crippen molar-refractivity contribution < 1.29 is 4.74 Å². The highest BCUT2D eigenvalue weighted by Crippen LogP contribution is 2.26. The van der Waals surface area contributed by atoms with E-state index in [1.54, 1.807) is 0 Å². The second-order valence-electron chi connectivity index (χ2n) is 5.62. The molecular formula is C17H28N2O. The van der Waals surface area contributed by atoms with E-state index in [0.717, 1.165) is 18.8 Å². The Hall–Kier alpha value is -1.06. The maximum atomic E-state index is 5.99. The first-order chi connectivity index (χ1) is 9.85. The molecule has 2 N–H and O–H groups in total. The molecule has 1 aliphatic heterocycles. The molecule has 2 rings (SSSR count). The van der Waals surface area contributed by atoms with E-state index in [1.807, 2.05) is 6.07 Å². The van der Waals surface area contributed by atoms with E-state index in [-0.39, 0.29) is 0 Å². The van der Waals surface area contributed by atoms with Gasteiger partial charge in [0.2, 0.25) is 0 Å². The van der Waals surface area contributed by atoms with Crippen molar-refractivity contribution in [1.29, 1.82) is 0 Å². The lowest BCUT2D eigenvalue weighted by Gasteiger charge is -2.26. The number of hydrogen-bond donors (Lipinski definition) is 1. The van der Waals surface area contributed by atoms with Crippen LogP contribution in [0.15, 0.2) is 24.3 Å². The van der Waals surface area contributed by atoms with Crippen LogP contribution in [-0.4, -0.2) is 31.1 Å².